The first-order chi connectivity index (χ1) is 10.1. The van der Waals surface area contributed by atoms with Crippen molar-refractivity contribution in [3.63, 3.8) is 0 Å². The molecule has 2 heterocycles. The van der Waals surface area contributed by atoms with Crippen molar-refractivity contribution in [1.82, 2.24) is 9.88 Å². The summed E-state index contributed by atoms with van der Waals surface area (Å²) in [4.78, 5) is 7.11. The zero-order valence-electron chi connectivity index (χ0n) is 12.8. The van der Waals surface area contributed by atoms with Gasteiger partial charge >= 0.3 is 0 Å². The van der Waals surface area contributed by atoms with Crippen LogP contribution in [0.3, 0.4) is 0 Å². The van der Waals surface area contributed by atoms with Gasteiger partial charge in [0.15, 0.2) is 0 Å². The Kier molecular flexibility index (Phi) is 4.18. The molecule has 1 atom stereocenters. The van der Waals surface area contributed by atoms with Gasteiger partial charge in [-0.05, 0) is 57.9 Å². The molecule has 1 fully saturated rings. The van der Waals surface area contributed by atoms with Crippen LogP contribution in [0.5, 0.6) is 0 Å². The lowest BCUT2D eigenvalue weighted by Crippen LogP contribution is -2.26. The third-order valence-corrected chi connectivity index (χ3v) is 5.29. The van der Waals surface area contributed by atoms with Crippen LogP contribution in [0.1, 0.15) is 36.8 Å². The van der Waals surface area contributed by atoms with Gasteiger partial charge in [-0.2, -0.15) is 0 Å². The summed E-state index contributed by atoms with van der Waals surface area (Å²) in [5.41, 5.74) is 3.23. The Hall–Kier alpha value is -1.13. The molecule has 4 heteroatoms. The summed E-state index contributed by atoms with van der Waals surface area (Å²) >= 11 is 3.57. The molecule has 0 radical (unpaired) electrons. The maximum Gasteiger partial charge on any atom is 0.226 e. The molecule has 1 unspecified atom stereocenters. The second kappa shape index (κ2) is 5.93. The molecule has 1 aromatic carbocycles. The number of hydrogen-bond donors (Lipinski definition) is 0. The molecular weight excluding hydrogens is 328 g/mol. The number of nitrogens with zero attached hydrogens (tertiary/aromatic N) is 2. The first-order valence-electron chi connectivity index (χ1n) is 7.52. The van der Waals surface area contributed by atoms with Crippen LogP contribution in [0, 0.1) is 13.8 Å². The van der Waals surface area contributed by atoms with Gasteiger partial charge in [-0.15, -0.1) is 0 Å². The average molecular weight is 349 g/mol. The monoisotopic (exact) mass is 348 g/mol. The van der Waals surface area contributed by atoms with Gasteiger partial charge < -0.3 is 4.42 Å². The van der Waals surface area contributed by atoms with Crippen molar-refractivity contribution in [2.45, 2.75) is 46.2 Å². The lowest BCUT2D eigenvalue weighted by Gasteiger charge is -2.19. The fourth-order valence-corrected chi connectivity index (χ4v) is 3.31. The topological polar surface area (TPSA) is 29.3 Å². The molecule has 0 spiro atoms. The lowest BCUT2D eigenvalue weighted by atomic mass is 10.1. The van der Waals surface area contributed by atoms with Gasteiger partial charge in [0.25, 0.3) is 0 Å². The summed E-state index contributed by atoms with van der Waals surface area (Å²) in [6.45, 7) is 8.44. The predicted octanol–water partition coefficient (Wildman–Crippen LogP) is 4.71. The van der Waals surface area contributed by atoms with Crippen molar-refractivity contribution in [2.24, 2.45) is 0 Å². The largest absolute Gasteiger partial charge is 0.440 e. The Balaban J connectivity index is 1.89. The Labute approximate surface area is 134 Å². The second-order valence-corrected chi connectivity index (χ2v) is 6.76. The minimum absolute atomic E-state index is 0.644. The second-order valence-electron chi connectivity index (χ2n) is 5.90. The van der Waals surface area contributed by atoms with E-state index in [1.165, 1.54) is 18.4 Å². The molecule has 1 aliphatic heterocycles. The summed E-state index contributed by atoms with van der Waals surface area (Å²) in [6.07, 6.45) is 2.57. The molecule has 1 saturated heterocycles. The third kappa shape index (κ3) is 2.92. The minimum atomic E-state index is 0.644. The number of oxazole rings is 1. The highest BCUT2D eigenvalue weighted by atomic mass is 79.9. The summed E-state index contributed by atoms with van der Waals surface area (Å²) in [5, 5.41) is 0. The maximum atomic E-state index is 6.07. The molecule has 0 N–H and O–H groups in total. The molecule has 1 aliphatic rings. The normalized spacial score (nSPS) is 19.3. The Bertz CT molecular complexity index is 650. The zero-order chi connectivity index (χ0) is 15.0. The molecule has 0 saturated carbocycles. The van der Waals surface area contributed by atoms with Crippen molar-refractivity contribution in [3.05, 3.63) is 39.7 Å². The van der Waals surface area contributed by atoms with Gasteiger partial charge in [0.2, 0.25) is 5.89 Å². The van der Waals surface area contributed by atoms with Crippen LogP contribution in [0.4, 0.5) is 0 Å². The molecule has 2 aromatic rings. The number of hydrogen-bond acceptors (Lipinski definition) is 3. The van der Waals surface area contributed by atoms with E-state index in [4.69, 9.17) is 4.42 Å². The van der Waals surface area contributed by atoms with Crippen molar-refractivity contribution < 1.29 is 4.42 Å². The first kappa shape index (κ1) is 14.8. The van der Waals surface area contributed by atoms with Crippen molar-refractivity contribution in [2.75, 3.05) is 6.54 Å². The maximum absolute atomic E-state index is 6.07. The Morgan fingerprint density at radius 2 is 2.19 bits per heavy atom. The lowest BCUT2D eigenvalue weighted by molar-refractivity contribution is 0.239. The standard InChI is InChI=1S/C17H21BrN2O/c1-11-6-5-9-20(11)10-16-13(3)19-17(21-16)14-7-4-8-15(18)12(14)2/h4,7-8,11H,5-6,9-10H2,1-3H3. The van der Waals surface area contributed by atoms with E-state index in [2.05, 4.69) is 45.7 Å². The number of aromatic nitrogens is 1. The van der Waals surface area contributed by atoms with E-state index in [9.17, 15) is 0 Å². The van der Waals surface area contributed by atoms with Crippen LogP contribution in [-0.4, -0.2) is 22.5 Å². The zero-order valence-corrected chi connectivity index (χ0v) is 14.4. The van der Waals surface area contributed by atoms with Crippen LogP contribution in [0.2, 0.25) is 0 Å². The van der Waals surface area contributed by atoms with E-state index < -0.39 is 0 Å². The average Bonchev–Trinajstić information content (AvgIpc) is 3.01. The Morgan fingerprint density at radius 3 is 2.90 bits per heavy atom. The van der Waals surface area contributed by atoms with Crippen molar-refractivity contribution in [1.29, 1.82) is 0 Å². The van der Waals surface area contributed by atoms with Crippen molar-refractivity contribution >= 4 is 15.9 Å². The van der Waals surface area contributed by atoms with Crippen LogP contribution in [0.25, 0.3) is 11.5 Å². The van der Waals surface area contributed by atoms with Gasteiger partial charge in [0, 0.05) is 16.1 Å². The molecule has 0 aliphatic carbocycles. The van der Waals surface area contributed by atoms with E-state index >= 15 is 0 Å². The summed E-state index contributed by atoms with van der Waals surface area (Å²) in [5.74, 6) is 1.73. The Morgan fingerprint density at radius 1 is 1.38 bits per heavy atom. The third-order valence-electron chi connectivity index (χ3n) is 4.43. The molecule has 3 rings (SSSR count). The van der Waals surface area contributed by atoms with Gasteiger partial charge in [-0.25, -0.2) is 4.98 Å². The van der Waals surface area contributed by atoms with E-state index in [0.29, 0.717) is 6.04 Å². The van der Waals surface area contributed by atoms with E-state index in [1.807, 2.05) is 19.1 Å². The quantitative estimate of drug-likeness (QED) is 0.804. The smallest absolute Gasteiger partial charge is 0.226 e. The number of aryl methyl sites for hydroxylation is 1. The van der Waals surface area contributed by atoms with Crippen LogP contribution in [-0.2, 0) is 6.54 Å². The molecule has 1 aromatic heterocycles. The van der Waals surface area contributed by atoms with E-state index in [0.717, 1.165) is 40.5 Å². The highest BCUT2D eigenvalue weighted by molar-refractivity contribution is 9.10. The van der Waals surface area contributed by atoms with Crippen LogP contribution >= 0.6 is 15.9 Å². The van der Waals surface area contributed by atoms with Gasteiger partial charge in [0.05, 0.1) is 12.2 Å². The number of likely N-dealkylation sites (tertiary alicyclic amines) is 1. The molecule has 21 heavy (non-hydrogen) atoms. The SMILES string of the molecule is Cc1nc(-c2cccc(Br)c2C)oc1CN1CCCC1C. The number of rotatable bonds is 3. The minimum Gasteiger partial charge on any atom is -0.440 e. The fourth-order valence-electron chi connectivity index (χ4n) is 2.94. The summed E-state index contributed by atoms with van der Waals surface area (Å²) in [7, 11) is 0. The van der Waals surface area contributed by atoms with E-state index in [-0.39, 0.29) is 0 Å². The molecular formula is C17H21BrN2O. The molecule has 112 valence electrons. The number of halogens is 1. The summed E-state index contributed by atoms with van der Waals surface area (Å²) in [6, 6.07) is 6.77. The highest BCUT2D eigenvalue weighted by Crippen LogP contribution is 2.30. The molecule has 3 nitrogen and oxygen atoms in total. The summed E-state index contributed by atoms with van der Waals surface area (Å²) < 4.78 is 7.16. The highest BCUT2D eigenvalue weighted by Gasteiger charge is 2.23. The van der Waals surface area contributed by atoms with Gasteiger partial charge in [-0.3, -0.25) is 4.90 Å². The van der Waals surface area contributed by atoms with Crippen LogP contribution < -0.4 is 0 Å². The predicted molar refractivity (Wildman–Crippen MR) is 88.2 cm³/mol. The van der Waals surface area contributed by atoms with Crippen molar-refractivity contribution in [3.8, 4) is 11.5 Å². The van der Waals surface area contributed by atoms with Crippen LogP contribution in [0.15, 0.2) is 27.1 Å². The first-order valence-corrected chi connectivity index (χ1v) is 8.31. The molecule has 0 bridgehead atoms. The van der Waals surface area contributed by atoms with Gasteiger partial charge in [-0.1, -0.05) is 22.0 Å². The molecule has 0 amide bonds. The number of benzene rings is 1. The fraction of sp³-hybridized carbons (Fsp3) is 0.471. The van der Waals surface area contributed by atoms with E-state index in [1.54, 1.807) is 0 Å². The van der Waals surface area contributed by atoms with Gasteiger partial charge in [0.1, 0.15) is 5.76 Å².